The maximum absolute atomic E-state index is 13.3. The third-order valence-corrected chi connectivity index (χ3v) is 5.72. The number of nitrogens with zero attached hydrogens (tertiary/aromatic N) is 3. The molecule has 3 rings (SSSR count). The number of amides is 1. The molecule has 1 aliphatic rings. The van der Waals surface area contributed by atoms with Crippen molar-refractivity contribution in [3.05, 3.63) is 57.0 Å². The normalized spacial score (nSPS) is 16.9. The number of carbonyl (C=O) groups is 2. The number of thiazole rings is 1. The zero-order valence-electron chi connectivity index (χ0n) is 17.0. The average molecular weight is 416 g/mol. The Bertz CT molecular complexity index is 937. The number of aromatic nitrogens is 2. The van der Waals surface area contributed by atoms with Crippen LogP contribution in [0.5, 0.6) is 0 Å². The first-order chi connectivity index (χ1) is 13.8. The number of pyridine rings is 1. The fraction of sp³-hybridized carbons (Fsp3) is 0.429. The van der Waals surface area contributed by atoms with E-state index in [-0.39, 0.29) is 17.5 Å². The zero-order chi connectivity index (χ0) is 21.1. The summed E-state index contributed by atoms with van der Waals surface area (Å²) in [5.41, 5.74) is 1.36. The molecule has 29 heavy (non-hydrogen) atoms. The van der Waals surface area contributed by atoms with E-state index in [1.54, 1.807) is 31.5 Å². The minimum atomic E-state index is -0.690. The van der Waals surface area contributed by atoms with Gasteiger partial charge in [-0.1, -0.05) is 6.07 Å². The summed E-state index contributed by atoms with van der Waals surface area (Å²) in [5.74, 6) is -1.42. The van der Waals surface area contributed by atoms with Crippen LogP contribution in [0.15, 0.2) is 35.9 Å². The molecule has 2 aromatic heterocycles. The molecule has 0 bridgehead atoms. The zero-order valence-corrected chi connectivity index (χ0v) is 17.8. The lowest BCUT2D eigenvalue weighted by atomic mass is 9.96. The molecule has 0 spiro atoms. The number of Topliss-reactive ketones (excluding diaryl/α,β-unsaturated/α-hetero) is 1. The topological polar surface area (TPSA) is 92.6 Å². The summed E-state index contributed by atoms with van der Waals surface area (Å²) in [7, 11) is 0. The molecule has 1 amide bonds. The van der Waals surface area contributed by atoms with Gasteiger partial charge in [0.05, 0.1) is 33.3 Å². The van der Waals surface area contributed by atoms with Crippen molar-refractivity contribution < 1.29 is 19.4 Å². The van der Waals surface area contributed by atoms with Gasteiger partial charge in [-0.05, 0) is 45.7 Å². The van der Waals surface area contributed by atoms with Crippen molar-refractivity contribution in [2.75, 3.05) is 13.2 Å². The lowest BCUT2D eigenvalue weighted by molar-refractivity contribution is -0.129. The monoisotopic (exact) mass is 415 g/mol. The number of carbonyl (C=O) groups excluding carboxylic acids is 2. The summed E-state index contributed by atoms with van der Waals surface area (Å²) in [6.07, 6.45) is 3.93. The standard InChI is InChI=1S/C21H25N3O4S/c1-12(2)28-10-6-9-24-17(15-7-5-8-22-11-15)16(19(26)21(24)27)18(25)20-13(3)23-14(4)29-20/h5,7-8,11-12,17,26H,6,9-10H2,1-4H3. The summed E-state index contributed by atoms with van der Waals surface area (Å²) < 4.78 is 5.57. The van der Waals surface area contributed by atoms with Gasteiger partial charge in [-0.15, -0.1) is 11.3 Å². The Hall–Kier alpha value is -2.58. The summed E-state index contributed by atoms with van der Waals surface area (Å²) in [6, 6.07) is 2.86. The maximum Gasteiger partial charge on any atom is 0.290 e. The number of aliphatic hydroxyl groups is 1. The van der Waals surface area contributed by atoms with Gasteiger partial charge < -0.3 is 14.7 Å². The van der Waals surface area contributed by atoms with E-state index in [9.17, 15) is 14.7 Å². The third kappa shape index (κ3) is 4.38. The summed E-state index contributed by atoms with van der Waals surface area (Å²) in [4.78, 5) is 36.6. The van der Waals surface area contributed by atoms with Gasteiger partial charge in [0.1, 0.15) is 0 Å². The fourth-order valence-corrected chi connectivity index (χ4v) is 4.29. The van der Waals surface area contributed by atoms with Crippen LogP contribution in [-0.2, 0) is 9.53 Å². The average Bonchev–Trinajstić information content (AvgIpc) is 3.15. The predicted octanol–water partition coefficient (Wildman–Crippen LogP) is 3.55. The number of hydrogen-bond donors (Lipinski definition) is 1. The van der Waals surface area contributed by atoms with Gasteiger partial charge >= 0.3 is 0 Å². The summed E-state index contributed by atoms with van der Waals surface area (Å²) in [5, 5.41) is 11.4. The second-order valence-electron chi connectivity index (χ2n) is 7.20. The highest BCUT2D eigenvalue weighted by atomic mass is 32.1. The molecule has 8 heteroatoms. The Labute approximate surface area is 174 Å². The van der Waals surface area contributed by atoms with Gasteiger partial charge in [0.25, 0.3) is 5.91 Å². The highest BCUT2D eigenvalue weighted by molar-refractivity contribution is 7.14. The van der Waals surface area contributed by atoms with Crippen LogP contribution in [0.2, 0.25) is 0 Å². The highest BCUT2D eigenvalue weighted by Crippen LogP contribution is 2.39. The van der Waals surface area contributed by atoms with E-state index in [0.717, 1.165) is 5.01 Å². The molecule has 0 saturated heterocycles. The Kier molecular flexibility index (Phi) is 6.44. The SMILES string of the molecule is Cc1nc(C)c(C(=O)C2=C(O)C(=O)N(CCCOC(C)C)C2c2cccnc2)s1. The van der Waals surface area contributed by atoms with E-state index in [0.29, 0.717) is 35.7 Å². The van der Waals surface area contributed by atoms with Crippen LogP contribution in [0.3, 0.4) is 0 Å². The lowest BCUT2D eigenvalue weighted by Crippen LogP contribution is -2.32. The molecule has 0 aromatic carbocycles. The molecule has 1 N–H and O–H groups in total. The number of aliphatic hydroxyl groups excluding tert-OH is 1. The van der Waals surface area contributed by atoms with Crippen molar-refractivity contribution in [3.8, 4) is 0 Å². The van der Waals surface area contributed by atoms with Crippen molar-refractivity contribution in [1.29, 1.82) is 0 Å². The van der Waals surface area contributed by atoms with E-state index in [1.165, 1.54) is 16.2 Å². The van der Waals surface area contributed by atoms with Crippen LogP contribution >= 0.6 is 11.3 Å². The predicted molar refractivity (Wildman–Crippen MR) is 110 cm³/mol. The Balaban J connectivity index is 1.95. The van der Waals surface area contributed by atoms with Crippen LogP contribution in [-0.4, -0.2) is 50.9 Å². The molecular formula is C21H25N3O4S. The van der Waals surface area contributed by atoms with E-state index < -0.39 is 17.7 Å². The van der Waals surface area contributed by atoms with Crippen molar-refractivity contribution in [2.24, 2.45) is 0 Å². The third-order valence-electron chi connectivity index (χ3n) is 4.65. The minimum Gasteiger partial charge on any atom is -0.503 e. The quantitative estimate of drug-likeness (QED) is 0.524. The van der Waals surface area contributed by atoms with Crippen molar-refractivity contribution in [2.45, 2.75) is 46.3 Å². The minimum absolute atomic E-state index is 0.0829. The molecule has 1 aliphatic heterocycles. The highest BCUT2D eigenvalue weighted by Gasteiger charge is 2.44. The fourth-order valence-electron chi connectivity index (χ4n) is 3.42. The Morgan fingerprint density at radius 1 is 1.38 bits per heavy atom. The van der Waals surface area contributed by atoms with Crippen LogP contribution in [0.4, 0.5) is 0 Å². The number of hydrogen-bond acceptors (Lipinski definition) is 7. The van der Waals surface area contributed by atoms with Gasteiger partial charge in [0, 0.05) is 25.5 Å². The van der Waals surface area contributed by atoms with Crippen LogP contribution < -0.4 is 0 Å². The van der Waals surface area contributed by atoms with Crippen LogP contribution in [0.25, 0.3) is 0 Å². The first-order valence-corrected chi connectivity index (χ1v) is 10.4. The van der Waals surface area contributed by atoms with Gasteiger partial charge in [0.15, 0.2) is 5.76 Å². The molecule has 154 valence electrons. The number of ketones is 1. The Morgan fingerprint density at radius 3 is 2.72 bits per heavy atom. The van der Waals surface area contributed by atoms with Gasteiger partial charge in [-0.2, -0.15) is 0 Å². The molecule has 3 heterocycles. The first-order valence-electron chi connectivity index (χ1n) is 9.55. The number of ether oxygens (including phenoxy) is 1. The van der Waals surface area contributed by atoms with E-state index in [2.05, 4.69) is 9.97 Å². The smallest absolute Gasteiger partial charge is 0.290 e. The lowest BCUT2D eigenvalue weighted by Gasteiger charge is -2.26. The van der Waals surface area contributed by atoms with Gasteiger partial charge in [-0.3, -0.25) is 14.6 Å². The molecule has 1 unspecified atom stereocenters. The molecule has 1 atom stereocenters. The second-order valence-corrected chi connectivity index (χ2v) is 8.40. The molecule has 0 radical (unpaired) electrons. The van der Waals surface area contributed by atoms with E-state index in [1.807, 2.05) is 20.8 Å². The van der Waals surface area contributed by atoms with Gasteiger partial charge in [-0.25, -0.2) is 4.98 Å². The van der Waals surface area contributed by atoms with E-state index in [4.69, 9.17) is 4.74 Å². The molecule has 0 fully saturated rings. The maximum atomic E-state index is 13.3. The number of rotatable bonds is 8. The molecule has 0 aliphatic carbocycles. The van der Waals surface area contributed by atoms with E-state index >= 15 is 0 Å². The first kappa shape index (κ1) is 21.1. The number of aryl methyl sites for hydroxylation is 2. The second kappa shape index (κ2) is 8.84. The molecular weight excluding hydrogens is 390 g/mol. The molecule has 0 saturated carbocycles. The molecule has 2 aromatic rings. The van der Waals surface area contributed by atoms with Crippen molar-refractivity contribution in [1.82, 2.24) is 14.9 Å². The summed E-state index contributed by atoms with van der Waals surface area (Å²) >= 11 is 1.26. The van der Waals surface area contributed by atoms with Crippen molar-refractivity contribution in [3.63, 3.8) is 0 Å². The van der Waals surface area contributed by atoms with Gasteiger partial charge in [0.2, 0.25) is 5.78 Å². The molecule has 7 nitrogen and oxygen atoms in total. The largest absolute Gasteiger partial charge is 0.503 e. The summed E-state index contributed by atoms with van der Waals surface area (Å²) in [6.45, 7) is 8.31. The van der Waals surface area contributed by atoms with Crippen LogP contribution in [0, 0.1) is 13.8 Å². The van der Waals surface area contributed by atoms with Crippen molar-refractivity contribution >= 4 is 23.0 Å². The Morgan fingerprint density at radius 2 is 2.14 bits per heavy atom. The van der Waals surface area contributed by atoms with Crippen LogP contribution in [0.1, 0.15) is 52.2 Å².